The predicted octanol–water partition coefficient (Wildman–Crippen LogP) is 4.30. The van der Waals surface area contributed by atoms with Crippen molar-refractivity contribution in [1.29, 1.82) is 0 Å². The normalized spacial score (nSPS) is 15.0. The second kappa shape index (κ2) is 7.89. The summed E-state index contributed by atoms with van der Waals surface area (Å²) >= 11 is 1.41. The Hall–Kier alpha value is -2.45. The van der Waals surface area contributed by atoms with Crippen LogP contribution in [0.15, 0.2) is 57.4 Å². The molecule has 1 fully saturated rings. The lowest BCUT2D eigenvalue weighted by Gasteiger charge is -2.12. The molecule has 8 heteroatoms. The number of nitrogens with zero attached hydrogens (tertiary/aromatic N) is 1. The number of rotatable bonds is 6. The van der Waals surface area contributed by atoms with Crippen molar-refractivity contribution in [3.05, 3.63) is 53.7 Å². The molecule has 3 aromatic rings. The van der Waals surface area contributed by atoms with E-state index in [2.05, 4.69) is 10.3 Å². The quantitative estimate of drug-likeness (QED) is 0.647. The van der Waals surface area contributed by atoms with Crippen LogP contribution in [0, 0.1) is 0 Å². The highest BCUT2D eigenvalue weighted by atomic mass is 32.2. The van der Waals surface area contributed by atoms with Crippen molar-refractivity contribution in [2.75, 3.05) is 5.32 Å². The van der Waals surface area contributed by atoms with Gasteiger partial charge in [-0.1, -0.05) is 18.9 Å². The van der Waals surface area contributed by atoms with Crippen molar-refractivity contribution in [1.82, 2.24) is 4.98 Å². The molecule has 2 aromatic heterocycles. The largest absolute Gasteiger partial charge is 0.462 e. The Bertz CT molecular complexity index is 1070. The first kappa shape index (κ1) is 18.9. The van der Waals surface area contributed by atoms with Crippen molar-refractivity contribution in [2.24, 2.45) is 0 Å². The van der Waals surface area contributed by atoms with E-state index in [9.17, 15) is 13.2 Å². The molecule has 28 heavy (non-hydrogen) atoms. The standard InChI is InChI=1S/C20H20N2O4S2/c23-19(12-15-13-27-20(22-15)18-9-4-10-26-18)21-14-5-3-8-17(11-14)28(24,25)16-6-1-2-7-16/h3-5,8-11,13,16H,1-2,6-7,12H2,(H,21,23). The van der Waals surface area contributed by atoms with Crippen LogP contribution in [-0.4, -0.2) is 24.6 Å². The van der Waals surface area contributed by atoms with Crippen LogP contribution >= 0.6 is 11.3 Å². The number of sulfone groups is 1. The lowest BCUT2D eigenvalue weighted by molar-refractivity contribution is -0.115. The van der Waals surface area contributed by atoms with Crippen molar-refractivity contribution >= 4 is 32.8 Å². The number of aromatic nitrogens is 1. The summed E-state index contributed by atoms with van der Waals surface area (Å²) in [6.07, 6.45) is 5.01. The van der Waals surface area contributed by atoms with E-state index >= 15 is 0 Å². The molecule has 1 amide bonds. The molecule has 1 aliphatic carbocycles. The summed E-state index contributed by atoms with van der Waals surface area (Å²) in [5.41, 5.74) is 1.12. The summed E-state index contributed by atoms with van der Waals surface area (Å²) in [4.78, 5) is 17.1. The van der Waals surface area contributed by atoms with E-state index in [0.29, 0.717) is 30.0 Å². The van der Waals surface area contributed by atoms with Gasteiger partial charge in [0, 0.05) is 11.1 Å². The van der Waals surface area contributed by atoms with Gasteiger partial charge in [-0.2, -0.15) is 0 Å². The summed E-state index contributed by atoms with van der Waals surface area (Å²) in [5.74, 6) is 0.424. The number of amides is 1. The van der Waals surface area contributed by atoms with E-state index in [1.807, 2.05) is 11.4 Å². The highest BCUT2D eigenvalue weighted by molar-refractivity contribution is 7.92. The molecule has 146 valence electrons. The molecule has 0 saturated heterocycles. The molecule has 0 radical (unpaired) electrons. The second-order valence-electron chi connectivity index (χ2n) is 6.83. The zero-order valence-corrected chi connectivity index (χ0v) is 16.8. The fourth-order valence-corrected chi connectivity index (χ4v) is 6.10. The summed E-state index contributed by atoms with van der Waals surface area (Å²) in [6.45, 7) is 0. The Morgan fingerprint density at radius 3 is 2.79 bits per heavy atom. The van der Waals surface area contributed by atoms with E-state index in [0.717, 1.165) is 17.8 Å². The second-order valence-corrected chi connectivity index (χ2v) is 9.91. The maximum atomic E-state index is 12.7. The molecular weight excluding hydrogens is 396 g/mol. The Morgan fingerprint density at radius 2 is 2.04 bits per heavy atom. The van der Waals surface area contributed by atoms with Crippen molar-refractivity contribution < 1.29 is 17.6 Å². The number of hydrogen-bond donors (Lipinski definition) is 1. The topological polar surface area (TPSA) is 89.3 Å². The van der Waals surface area contributed by atoms with E-state index in [4.69, 9.17) is 4.42 Å². The minimum absolute atomic E-state index is 0.108. The highest BCUT2D eigenvalue weighted by Crippen LogP contribution is 2.30. The smallest absolute Gasteiger partial charge is 0.230 e. The van der Waals surface area contributed by atoms with Gasteiger partial charge in [-0.25, -0.2) is 13.4 Å². The van der Waals surface area contributed by atoms with Gasteiger partial charge in [0.1, 0.15) is 0 Å². The van der Waals surface area contributed by atoms with Gasteiger partial charge >= 0.3 is 0 Å². The third-order valence-electron chi connectivity index (χ3n) is 4.81. The molecule has 0 aliphatic heterocycles. The van der Waals surface area contributed by atoms with Gasteiger partial charge in [0.05, 0.1) is 28.5 Å². The van der Waals surface area contributed by atoms with E-state index in [1.165, 1.54) is 11.3 Å². The molecule has 1 N–H and O–H groups in total. The van der Waals surface area contributed by atoms with Crippen LogP contribution in [-0.2, 0) is 21.1 Å². The van der Waals surface area contributed by atoms with E-state index < -0.39 is 9.84 Å². The van der Waals surface area contributed by atoms with Gasteiger partial charge in [-0.05, 0) is 43.2 Å². The Labute approximate surface area is 167 Å². The number of benzene rings is 1. The summed E-state index contributed by atoms with van der Waals surface area (Å²) in [7, 11) is -3.35. The number of anilines is 1. The van der Waals surface area contributed by atoms with Crippen LogP contribution in [0.1, 0.15) is 31.4 Å². The maximum Gasteiger partial charge on any atom is 0.230 e. The molecule has 1 aromatic carbocycles. The Morgan fingerprint density at radius 1 is 1.21 bits per heavy atom. The molecule has 0 atom stereocenters. The number of hydrogen-bond acceptors (Lipinski definition) is 6. The molecule has 6 nitrogen and oxygen atoms in total. The van der Waals surface area contributed by atoms with Crippen LogP contribution in [0.2, 0.25) is 0 Å². The van der Waals surface area contributed by atoms with Gasteiger partial charge in [0.2, 0.25) is 5.91 Å². The first-order valence-electron chi connectivity index (χ1n) is 9.14. The zero-order chi connectivity index (χ0) is 19.6. The van der Waals surface area contributed by atoms with Crippen LogP contribution < -0.4 is 5.32 Å². The molecule has 4 rings (SSSR count). The summed E-state index contributed by atoms with van der Waals surface area (Å²) in [5, 5.41) is 5.00. The van der Waals surface area contributed by atoms with Crippen molar-refractivity contribution in [3.8, 4) is 10.8 Å². The molecule has 0 spiro atoms. The van der Waals surface area contributed by atoms with Crippen LogP contribution in [0.4, 0.5) is 5.69 Å². The third-order valence-corrected chi connectivity index (χ3v) is 7.98. The van der Waals surface area contributed by atoms with Gasteiger partial charge in [0.15, 0.2) is 20.6 Å². The molecule has 2 heterocycles. The zero-order valence-electron chi connectivity index (χ0n) is 15.1. The molecule has 1 aliphatic rings. The van der Waals surface area contributed by atoms with Gasteiger partial charge < -0.3 is 9.73 Å². The Balaban J connectivity index is 1.44. The van der Waals surface area contributed by atoms with Crippen LogP contribution in [0.25, 0.3) is 10.8 Å². The molecular formula is C20H20N2O4S2. The Kier molecular flexibility index (Phi) is 5.32. The highest BCUT2D eigenvalue weighted by Gasteiger charge is 2.30. The van der Waals surface area contributed by atoms with Gasteiger partial charge in [-0.15, -0.1) is 11.3 Å². The minimum atomic E-state index is -3.35. The molecule has 1 saturated carbocycles. The minimum Gasteiger partial charge on any atom is -0.462 e. The number of carbonyl (C=O) groups excluding carboxylic acids is 1. The van der Waals surface area contributed by atoms with E-state index in [1.54, 1.807) is 36.6 Å². The lowest BCUT2D eigenvalue weighted by Crippen LogP contribution is -2.19. The van der Waals surface area contributed by atoms with E-state index in [-0.39, 0.29) is 22.5 Å². The molecule has 0 bridgehead atoms. The fraction of sp³-hybridized carbons (Fsp3) is 0.300. The fourth-order valence-electron chi connectivity index (χ4n) is 3.41. The summed E-state index contributed by atoms with van der Waals surface area (Å²) < 4.78 is 30.8. The van der Waals surface area contributed by atoms with Crippen molar-refractivity contribution in [3.63, 3.8) is 0 Å². The SMILES string of the molecule is O=C(Cc1csc(-c2ccco2)n1)Nc1cccc(S(=O)(=O)C2CCCC2)c1. The molecule has 0 unspecified atom stereocenters. The average Bonchev–Trinajstić information content (AvgIpc) is 3.43. The monoisotopic (exact) mass is 416 g/mol. The van der Waals surface area contributed by atoms with Crippen molar-refractivity contribution in [2.45, 2.75) is 42.2 Å². The van der Waals surface area contributed by atoms with Crippen LogP contribution in [0.5, 0.6) is 0 Å². The number of carbonyl (C=O) groups is 1. The average molecular weight is 417 g/mol. The summed E-state index contributed by atoms with van der Waals surface area (Å²) in [6, 6.07) is 10.1. The maximum absolute atomic E-state index is 12.7. The first-order valence-corrected chi connectivity index (χ1v) is 11.6. The van der Waals surface area contributed by atoms with Gasteiger partial charge in [0.25, 0.3) is 0 Å². The van der Waals surface area contributed by atoms with Crippen LogP contribution in [0.3, 0.4) is 0 Å². The van der Waals surface area contributed by atoms with Gasteiger partial charge in [-0.3, -0.25) is 4.79 Å². The predicted molar refractivity (Wildman–Crippen MR) is 108 cm³/mol. The number of nitrogens with one attached hydrogen (secondary N) is 1. The number of furan rings is 1. The first-order chi connectivity index (χ1) is 13.5. The third kappa shape index (κ3) is 4.02. The number of thiazole rings is 1. The lowest BCUT2D eigenvalue weighted by atomic mass is 10.3.